The van der Waals surface area contributed by atoms with E-state index in [-0.39, 0.29) is 17.3 Å². The molecule has 2 heterocycles. The predicted molar refractivity (Wildman–Crippen MR) is 130 cm³/mol. The summed E-state index contributed by atoms with van der Waals surface area (Å²) in [5, 5.41) is 0. The maximum atomic E-state index is 12.5. The third kappa shape index (κ3) is 7.01. The van der Waals surface area contributed by atoms with Gasteiger partial charge in [-0.25, -0.2) is 9.97 Å². The van der Waals surface area contributed by atoms with E-state index in [9.17, 15) is 9.59 Å². The average Bonchev–Trinajstić information content (AvgIpc) is 2.76. The third-order valence-corrected chi connectivity index (χ3v) is 5.43. The molecule has 7 nitrogen and oxygen atoms in total. The normalized spacial score (nSPS) is 14.8. The molecule has 1 aromatic heterocycles. The van der Waals surface area contributed by atoms with Gasteiger partial charge in [0.05, 0.1) is 0 Å². The number of carbonyl (C=O) groups excluding carboxylic acids is 2. The lowest BCUT2D eigenvalue weighted by Gasteiger charge is -2.37. The molecule has 0 spiro atoms. The second kappa shape index (κ2) is 9.89. The van der Waals surface area contributed by atoms with Crippen LogP contribution in [0.2, 0.25) is 0 Å². The maximum Gasteiger partial charge on any atom is 0.306 e. The lowest BCUT2D eigenvalue weighted by atomic mass is 9.94. The van der Waals surface area contributed by atoms with Crippen molar-refractivity contribution < 1.29 is 14.3 Å². The van der Waals surface area contributed by atoms with Crippen LogP contribution in [0.15, 0.2) is 36.7 Å². The first kappa shape index (κ1) is 24.7. The van der Waals surface area contributed by atoms with Crippen molar-refractivity contribution >= 4 is 17.8 Å². The van der Waals surface area contributed by atoms with Gasteiger partial charge in [0.25, 0.3) is 0 Å². The highest BCUT2D eigenvalue weighted by Gasteiger charge is 2.30. The molecule has 178 valence electrons. The fourth-order valence-corrected chi connectivity index (χ4v) is 3.76. The Labute approximate surface area is 197 Å². The highest BCUT2D eigenvalue weighted by atomic mass is 16.6. The summed E-state index contributed by atoms with van der Waals surface area (Å²) in [6, 6.07) is 8.09. The fourth-order valence-electron chi connectivity index (χ4n) is 3.76. The van der Waals surface area contributed by atoms with Crippen LogP contribution in [0.25, 0.3) is 11.1 Å². The standard InChI is InChI=1S/C26H36N4O3/c1-25(2,3)23(32)29-12-14-30(15-13-29)24-27-17-21(18-28-24)20-9-7-8-19(16-20)10-11-22(31)33-26(4,5)6/h7-9,16-18H,10-15H2,1-6H3. The molecule has 3 rings (SSSR count). The van der Waals surface area contributed by atoms with Crippen molar-refractivity contribution in [2.75, 3.05) is 31.1 Å². The largest absolute Gasteiger partial charge is 0.460 e. The number of hydrogen-bond donors (Lipinski definition) is 0. The molecule has 1 aliphatic rings. The molecule has 1 saturated heterocycles. The van der Waals surface area contributed by atoms with Crippen LogP contribution in [-0.4, -0.2) is 58.5 Å². The van der Waals surface area contributed by atoms with Crippen LogP contribution >= 0.6 is 0 Å². The van der Waals surface area contributed by atoms with Gasteiger partial charge in [-0.2, -0.15) is 0 Å². The Morgan fingerprint density at radius 2 is 1.58 bits per heavy atom. The number of esters is 1. The molecule has 0 unspecified atom stereocenters. The highest BCUT2D eigenvalue weighted by Crippen LogP contribution is 2.23. The van der Waals surface area contributed by atoms with Crippen molar-refractivity contribution in [1.29, 1.82) is 0 Å². The van der Waals surface area contributed by atoms with Crippen molar-refractivity contribution in [3.63, 3.8) is 0 Å². The lowest BCUT2D eigenvalue weighted by molar-refractivity contribution is -0.154. The summed E-state index contributed by atoms with van der Waals surface area (Å²) >= 11 is 0. The van der Waals surface area contributed by atoms with Crippen LogP contribution in [0.1, 0.15) is 53.5 Å². The van der Waals surface area contributed by atoms with Gasteiger partial charge >= 0.3 is 5.97 Å². The SMILES string of the molecule is CC(C)(C)OC(=O)CCc1cccc(-c2cnc(N3CCN(C(=O)C(C)(C)C)CC3)nc2)c1. The number of aromatic nitrogens is 2. The van der Waals surface area contributed by atoms with Crippen LogP contribution in [0.5, 0.6) is 0 Å². The van der Waals surface area contributed by atoms with E-state index >= 15 is 0 Å². The summed E-state index contributed by atoms with van der Waals surface area (Å²) in [4.78, 5) is 37.7. The van der Waals surface area contributed by atoms with Gasteiger partial charge in [-0.1, -0.05) is 45.0 Å². The van der Waals surface area contributed by atoms with Crippen LogP contribution in [0.4, 0.5) is 5.95 Å². The summed E-state index contributed by atoms with van der Waals surface area (Å²) < 4.78 is 5.40. The minimum Gasteiger partial charge on any atom is -0.460 e. The van der Waals surface area contributed by atoms with Crippen molar-refractivity contribution in [2.45, 2.75) is 60.0 Å². The molecule has 1 amide bonds. The third-order valence-electron chi connectivity index (χ3n) is 5.43. The van der Waals surface area contributed by atoms with E-state index in [1.807, 2.05) is 77.0 Å². The summed E-state index contributed by atoms with van der Waals surface area (Å²) in [6.07, 6.45) is 4.64. The smallest absolute Gasteiger partial charge is 0.306 e. The number of carbonyl (C=O) groups is 2. The second-order valence-electron chi connectivity index (χ2n) is 10.6. The van der Waals surface area contributed by atoms with E-state index in [4.69, 9.17) is 4.74 Å². The molecule has 33 heavy (non-hydrogen) atoms. The second-order valence-corrected chi connectivity index (χ2v) is 10.6. The number of piperazine rings is 1. The molecule has 2 aromatic rings. The van der Waals surface area contributed by atoms with Gasteiger partial charge < -0.3 is 14.5 Å². The van der Waals surface area contributed by atoms with Crippen molar-refractivity contribution in [2.24, 2.45) is 5.41 Å². The number of hydrogen-bond acceptors (Lipinski definition) is 6. The Morgan fingerprint density at radius 1 is 0.939 bits per heavy atom. The van der Waals surface area contributed by atoms with E-state index in [1.54, 1.807) is 0 Å². The summed E-state index contributed by atoms with van der Waals surface area (Å²) in [7, 11) is 0. The zero-order valence-corrected chi connectivity index (χ0v) is 20.7. The number of anilines is 1. The van der Waals surface area contributed by atoms with Gasteiger partial charge in [0.15, 0.2) is 0 Å². The molecule has 7 heteroatoms. The Kier molecular flexibility index (Phi) is 7.40. The number of nitrogens with zero attached hydrogens (tertiary/aromatic N) is 4. The zero-order chi connectivity index (χ0) is 24.2. The first-order valence-electron chi connectivity index (χ1n) is 11.6. The Bertz CT molecular complexity index is 966. The molecule has 0 aliphatic carbocycles. The molecule has 0 N–H and O–H groups in total. The minimum atomic E-state index is -0.465. The Morgan fingerprint density at radius 3 is 2.15 bits per heavy atom. The molecular weight excluding hydrogens is 416 g/mol. The molecule has 1 aliphatic heterocycles. The van der Waals surface area contributed by atoms with Crippen molar-refractivity contribution in [3.8, 4) is 11.1 Å². The molecule has 1 fully saturated rings. The number of aryl methyl sites for hydroxylation is 1. The molecule has 0 saturated carbocycles. The van der Waals surface area contributed by atoms with Crippen LogP contribution in [0, 0.1) is 5.41 Å². The zero-order valence-electron chi connectivity index (χ0n) is 20.7. The molecule has 1 aromatic carbocycles. The van der Waals surface area contributed by atoms with Crippen LogP contribution < -0.4 is 4.90 Å². The minimum absolute atomic E-state index is 0.185. The number of rotatable bonds is 5. The number of benzene rings is 1. The Hall–Kier alpha value is -2.96. The maximum absolute atomic E-state index is 12.5. The van der Waals surface area contributed by atoms with Gasteiger partial charge in [-0.15, -0.1) is 0 Å². The van der Waals surface area contributed by atoms with Crippen molar-refractivity contribution in [1.82, 2.24) is 14.9 Å². The first-order valence-corrected chi connectivity index (χ1v) is 11.6. The van der Waals surface area contributed by atoms with Crippen LogP contribution in [-0.2, 0) is 20.7 Å². The summed E-state index contributed by atoms with van der Waals surface area (Å²) in [6.45, 7) is 14.3. The quantitative estimate of drug-likeness (QED) is 0.636. The first-order chi connectivity index (χ1) is 15.4. The number of ether oxygens (including phenoxy) is 1. The topological polar surface area (TPSA) is 75.6 Å². The number of amides is 1. The monoisotopic (exact) mass is 452 g/mol. The fraction of sp³-hybridized carbons (Fsp3) is 0.538. The Balaban J connectivity index is 1.59. The van der Waals surface area contributed by atoms with Crippen molar-refractivity contribution in [3.05, 3.63) is 42.2 Å². The summed E-state index contributed by atoms with van der Waals surface area (Å²) in [5.41, 5.74) is 2.19. The van der Waals surface area contributed by atoms with Crippen LogP contribution in [0.3, 0.4) is 0 Å². The molecule has 0 bridgehead atoms. The van der Waals surface area contributed by atoms with Gasteiger partial charge in [-0.3, -0.25) is 9.59 Å². The molecule has 0 atom stereocenters. The van der Waals surface area contributed by atoms with E-state index in [1.165, 1.54) is 0 Å². The van der Waals surface area contributed by atoms with E-state index in [0.29, 0.717) is 31.9 Å². The summed E-state index contributed by atoms with van der Waals surface area (Å²) in [5.74, 6) is 0.678. The van der Waals surface area contributed by atoms with E-state index < -0.39 is 5.60 Å². The molecule has 0 radical (unpaired) electrons. The van der Waals surface area contributed by atoms with E-state index in [0.717, 1.165) is 29.8 Å². The average molecular weight is 453 g/mol. The van der Waals surface area contributed by atoms with Gasteiger partial charge in [0.1, 0.15) is 5.60 Å². The predicted octanol–water partition coefficient (Wildman–Crippen LogP) is 4.11. The van der Waals surface area contributed by atoms with Gasteiger partial charge in [0.2, 0.25) is 11.9 Å². The molecular formula is C26H36N4O3. The van der Waals surface area contributed by atoms with Gasteiger partial charge in [-0.05, 0) is 38.3 Å². The lowest BCUT2D eigenvalue weighted by Crippen LogP contribution is -2.52. The van der Waals surface area contributed by atoms with E-state index in [2.05, 4.69) is 20.9 Å². The highest BCUT2D eigenvalue weighted by molar-refractivity contribution is 5.81. The van der Waals surface area contributed by atoms with Gasteiger partial charge in [0, 0.05) is 56.0 Å².